The fourth-order valence-corrected chi connectivity index (χ4v) is 4.19. The summed E-state index contributed by atoms with van der Waals surface area (Å²) in [5, 5.41) is 6.27. The van der Waals surface area contributed by atoms with Crippen molar-refractivity contribution >= 4 is 50.2 Å². The molecule has 0 aliphatic heterocycles. The Morgan fingerprint density at radius 1 is 0.946 bits per heavy atom. The Bertz CT molecular complexity index is 1580. The molecule has 8 heteroatoms. The van der Waals surface area contributed by atoms with Crippen molar-refractivity contribution < 1.29 is 9.53 Å². The van der Waals surface area contributed by atoms with Crippen molar-refractivity contribution in [1.82, 2.24) is 14.5 Å². The second-order valence-corrected chi connectivity index (χ2v) is 9.91. The number of nitrogens with one attached hydrogen (secondary N) is 2. The molecule has 0 fully saturated rings. The van der Waals surface area contributed by atoms with Gasteiger partial charge in [0.05, 0.1) is 11.0 Å². The largest absolute Gasteiger partial charge is 0.457 e. The molecule has 0 bridgehead atoms. The van der Waals surface area contributed by atoms with E-state index < -0.39 is 0 Å². The van der Waals surface area contributed by atoms with Crippen molar-refractivity contribution in [3.63, 3.8) is 0 Å². The van der Waals surface area contributed by atoms with E-state index in [0.717, 1.165) is 27.1 Å². The number of hydrogen-bond acceptors (Lipinski definition) is 5. The molecule has 0 saturated heterocycles. The van der Waals surface area contributed by atoms with Gasteiger partial charge in [-0.15, -0.1) is 0 Å². The lowest BCUT2D eigenvalue weighted by atomic mass is 10.0. The quantitative estimate of drug-likeness (QED) is 0.215. The van der Waals surface area contributed by atoms with Gasteiger partial charge in [-0.1, -0.05) is 41.9 Å². The van der Waals surface area contributed by atoms with Gasteiger partial charge in [0.1, 0.15) is 17.2 Å². The van der Waals surface area contributed by atoms with Crippen LogP contribution in [-0.2, 0) is 7.05 Å². The molecule has 2 aromatic heterocycles. The lowest BCUT2D eigenvalue weighted by molar-refractivity contribution is 0.102. The molecule has 0 aliphatic rings. The van der Waals surface area contributed by atoms with Crippen molar-refractivity contribution in [3.05, 3.63) is 101 Å². The topological polar surface area (TPSA) is 81.1 Å². The van der Waals surface area contributed by atoms with Gasteiger partial charge in [-0.3, -0.25) is 9.78 Å². The van der Waals surface area contributed by atoms with Gasteiger partial charge in [0.2, 0.25) is 5.95 Å². The zero-order valence-electron chi connectivity index (χ0n) is 20.7. The Kier molecular flexibility index (Phi) is 6.92. The molecule has 5 rings (SSSR count). The molecule has 1 amide bonds. The van der Waals surface area contributed by atoms with Crippen LogP contribution in [-0.4, -0.2) is 20.4 Å². The number of hydrogen-bond donors (Lipinski definition) is 2. The van der Waals surface area contributed by atoms with Crippen molar-refractivity contribution in [2.75, 3.05) is 10.6 Å². The number of carbonyl (C=O) groups excluding carboxylic acids is 1. The van der Waals surface area contributed by atoms with E-state index in [9.17, 15) is 4.79 Å². The van der Waals surface area contributed by atoms with Crippen LogP contribution in [0.4, 0.5) is 17.3 Å². The predicted octanol–water partition coefficient (Wildman–Crippen LogP) is 7.64. The van der Waals surface area contributed by atoms with E-state index >= 15 is 0 Å². The number of aryl methyl sites for hydroxylation is 1. The van der Waals surface area contributed by atoms with Gasteiger partial charge < -0.3 is 19.9 Å². The van der Waals surface area contributed by atoms with Gasteiger partial charge in [-0.25, -0.2) is 4.98 Å². The third kappa shape index (κ3) is 5.65. The molecule has 0 atom stereocenters. The summed E-state index contributed by atoms with van der Waals surface area (Å²) in [7, 11) is 1.98. The lowest BCUT2D eigenvalue weighted by Crippen LogP contribution is -2.13. The highest BCUT2D eigenvalue weighted by molar-refractivity contribution is 9.10. The van der Waals surface area contributed by atoms with E-state index in [4.69, 9.17) is 9.72 Å². The number of imidazole rings is 1. The van der Waals surface area contributed by atoms with Crippen LogP contribution in [0.25, 0.3) is 11.0 Å². The van der Waals surface area contributed by atoms with Crippen molar-refractivity contribution in [2.24, 2.45) is 7.05 Å². The van der Waals surface area contributed by atoms with E-state index in [1.54, 1.807) is 18.3 Å². The highest BCUT2D eigenvalue weighted by atomic mass is 79.9. The number of amides is 1. The zero-order valence-corrected chi connectivity index (χ0v) is 22.3. The molecule has 0 spiro atoms. The minimum atomic E-state index is -0.315. The molecule has 7 nitrogen and oxygen atoms in total. The molecule has 0 unspecified atom stereocenters. The van der Waals surface area contributed by atoms with E-state index in [1.807, 2.05) is 66.2 Å². The number of aromatic nitrogens is 3. The van der Waals surface area contributed by atoms with Crippen molar-refractivity contribution in [1.29, 1.82) is 0 Å². The lowest BCUT2D eigenvalue weighted by Gasteiger charge is -2.10. The number of fused-ring (bicyclic) bond motifs is 1. The molecule has 0 saturated carbocycles. The molecule has 2 N–H and O–H groups in total. The molecule has 0 aliphatic carbocycles. The standard InChI is InChI=1S/C29H26BrN5O2/c1-18(2)19-5-4-6-22(15-19)33-29-34-25-16-23(11-12-27(25)35(29)3)37-24-13-14-31-26(17-24)28(36)32-21-9-7-20(30)8-10-21/h4-18H,1-3H3,(H,32,36)(H,33,34). The maximum absolute atomic E-state index is 12.7. The van der Waals surface area contributed by atoms with E-state index in [1.165, 1.54) is 5.56 Å². The van der Waals surface area contributed by atoms with Gasteiger partial charge in [-0.05, 0) is 66.1 Å². The summed E-state index contributed by atoms with van der Waals surface area (Å²) in [5.74, 6) is 2.00. The van der Waals surface area contributed by atoms with Crippen molar-refractivity contribution in [3.8, 4) is 11.5 Å². The molecule has 3 aromatic carbocycles. The minimum Gasteiger partial charge on any atom is -0.457 e. The minimum absolute atomic E-state index is 0.259. The van der Waals surface area contributed by atoms with Crippen molar-refractivity contribution in [2.45, 2.75) is 19.8 Å². The summed E-state index contributed by atoms with van der Waals surface area (Å²) >= 11 is 3.39. The van der Waals surface area contributed by atoms with Crippen LogP contribution in [0.2, 0.25) is 0 Å². The van der Waals surface area contributed by atoms with E-state index in [-0.39, 0.29) is 11.6 Å². The molecule has 0 radical (unpaired) electrons. The number of nitrogens with zero attached hydrogens (tertiary/aromatic N) is 3. The first-order valence-electron chi connectivity index (χ1n) is 11.9. The first-order chi connectivity index (χ1) is 17.9. The number of ether oxygens (including phenoxy) is 1. The number of benzene rings is 3. The van der Waals surface area contributed by atoms with Crippen LogP contribution in [0.15, 0.2) is 89.5 Å². The Hall–Kier alpha value is -4.17. The van der Waals surface area contributed by atoms with Crippen LogP contribution < -0.4 is 15.4 Å². The second-order valence-electron chi connectivity index (χ2n) is 8.99. The first-order valence-corrected chi connectivity index (χ1v) is 12.7. The predicted molar refractivity (Wildman–Crippen MR) is 151 cm³/mol. The smallest absolute Gasteiger partial charge is 0.274 e. The molecule has 5 aromatic rings. The summed E-state index contributed by atoms with van der Waals surface area (Å²) < 4.78 is 9.01. The Morgan fingerprint density at radius 2 is 1.73 bits per heavy atom. The maximum atomic E-state index is 12.7. The molecular weight excluding hydrogens is 530 g/mol. The van der Waals surface area contributed by atoms with Gasteiger partial charge in [0, 0.05) is 41.2 Å². The highest BCUT2D eigenvalue weighted by Gasteiger charge is 2.12. The number of rotatable bonds is 7. The van der Waals surface area contributed by atoms with Crippen LogP contribution in [0.1, 0.15) is 35.8 Å². The summed E-state index contributed by atoms with van der Waals surface area (Å²) in [6.45, 7) is 4.35. The van der Waals surface area contributed by atoms with Crippen LogP contribution >= 0.6 is 15.9 Å². The summed E-state index contributed by atoms with van der Waals surface area (Å²) in [6.07, 6.45) is 1.55. The highest BCUT2D eigenvalue weighted by Crippen LogP contribution is 2.29. The number of carbonyl (C=O) groups is 1. The number of pyridine rings is 1. The fourth-order valence-electron chi connectivity index (χ4n) is 3.92. The normalized spacial score (nSPS) is 11.1. The fraction of sp³-hybridized carbons (Fsp3) is 0.138. The van der Waals surface area contributed by atoms with E-state index in [0.29, 0.717) is 23.1 Å². The van der Waals surface area contributed by atoms with Gasteiger partial charge in [-0.2, -0.15) is 0 Å². The SMILES string of the molecule is CC(C)c1cccc(Nc2nc3cc(Oc4ccnc(C(=O)Nc5ccc(Br)cc5)c4)ccc3n2C)c1. The Balaban J connectivity index is 1.33. The van der Waals surface area contributed by atoms with Gasteiger partial charge in [0.25, 0.3) is 5.91 Å². The Morgan fingerprint density at radius 3 is 2.51 bits per heavy atom. The summed E-state index contributed by atoms with van der Waals surface area (Å²) in [4.78, 5) is 21.6. The summed E-state index contributed by atoms with van der Waals surface area (Å²) in [5.41, 5.74) is 4.97. The molecule has 2 heterocycles. The first kappa shape index (κ1) is 24.5. The molecule has 186 valence electrons. The Labute approximate surface area is 223 Å². The van der Waals surface area contributed by atoms with Crippen LogP contribution in [0.3, 0.4) is 0 Å². The van der Waals surface area contributed by atoms with Gasteiger partial charge in [0.15, 0.2) is 0 Å². The third-order valence-electron chi connectivity index (χ3n) is 5.96. The molecular formula is C29H26BrN5O2. The van der Waals surface area contributed by atoms with Crippen LogP contribution in [0.5, 0.6) is 11.5 Å². The van der Waals surface area contributed by atoms with Crippen LogP contribution in [0, 0.1) is 0 Å². The van der Waals surface area contributed by atoms with Gasteiger partial charge >= 0.3 is 0 Å². The zero-order chi connectivity index (χ0) is 25.9. The van der Waals surface area contributed by atoms with E-state index in [2.05, 4.69) is 57.5 Å². The third-order valence-corrected chi connectivity index (χ3v) is 6.49. The maximum Gasteiger partial charge on any atom is 0.274 e. The summed E-state index contributed by atoms with van der Waals surface area (Å²) in [6, 6.07) is 24.8. The number of halogens is 1. The second kappa shape index (κ2) is 10.4. The monoisotopic (exact) mass is 555 g/mol. The number of anilines is 3. The average Bonchev–Trinajstić information content (AvgIpc) is 3.19. The molecule has 37 heavy (non-hydrogen) atoms. The average molecular weight is 556 g/mol.